The van der Waals surface area contributed by atoms with Crippen molar-refractivity contribution in [1.29, 1.82) is 0 Å². The fraction of sp³-hybridized carbons (Fsp3) is 0.250. The van der Waals surface area contributed by atoms with Crippen molar-refractivity contribution >= 4 is 24.4 Å². The molecule has 78 valence electrons. The van der Waals surface area contributed by atoms with Gasteiger partial charge in [-0.25, -0.2) is 0 Å². The van der Waals surface area contributed by atoms with Crippen molar-refractivity contribution in [1.82, 2.24) is 0 Å². The van der Waals surface area contributed by atoms with Gasteiger partial charge in [0.1, 0.15) is 0 Å². The zero-order valence-corrected chi connectivity index (χ0v) is 12.6. The monoisotopic (exact) mass is 259 g/mol. The Morgan fingerprint density at radius 2 is 1.93 bits per heavy atom. The average Bonchev–Trinajstić information content (AvgIpc) is 2.06. The molecule has 0 radical (unpaired) electrons. The van der Waals surface area contributed by atoms with Crippen LogP contribution in [0.4, 0.5) is 18.6 Å². The summed E-state index contributed by atoms with van der Waals surface area (Å²) >= 11 is 0.791. The Hall–Kier alpha value is 0.861. The van der Waals surface area contributed by atoms with Gasteiger partial charge in [-0.05, 0) is 30.3 Å². The number of anilines is 1. The number of thioether (sulfide) groups is 1. The summed E-state index contributed by atoms with van der Waals surface area (Å²) in [4.78, 5) is 0.601. The van der Waals surface area contributed by atoms with Crippen molar-refractivity contribution in [2.45, 2.75) is 11.8 Å². The molecular weight excluding hydrogens is 249 g/mol. The summed E-state index contributed by atoms with van der Waals surface area (Å²) in [5.41, 5.74) is 6.01. The van der Waals surface area contributed by atoms with Crippen molar-refractivity contribution in [2.75, 3.05) is 11.4 Å². The van der Waals surface area contributed by atoms with Crippen molar-refractivity contribution in [3.8, 4) is 0 Å². The van der Waals surface area contributed by atoms with E-state index in [0.717, 1.165) is 17.3 Å². The van der Waals surface area contributed by atoms with E-state index in [-0.39, 0.29) is 51.4 Å². The molecule has 0 atom stereocenters. The van der Waals surface area contributed by atoms with Crippen LogP contribution in [0.5, 0.6) is 0 Å². The van der Waals surface area contributed by atoms with Crippen LogP contribution in [0, 0.1) is 6.92 Å². The molecule has 1 rings (SSSR count). The number of nitrogen functional groups attached to an aromatic ring is 1. The molecule has 0 amide bonds. The minimum Gasteiger partial charge on any atom is -0.448 e. The molecule has 0 unspecified atom stereocenters. The van der Waals surface area contributed by atoms with Crippen LogP contribution >= 0.6 is 11.8 Å². The first kappa shape index (κ1) is 15.9. The third kappa shape index (κ3) is 5.65. The van der Waals surface area contributed by atoms with E-state index in [2.05, 4.69) is 0 Å². The first-order valence-corrected chi connectivity index (χ1v) is 5.07. The Bertz CT molecular complexity index is 332. The van der Waals surface area contributed by atoms with Crippen LogP contribution in [-0.2, 0) is 0 Å². The fourth-order valence-corrected chi connectivity index (χ4v) is 1.85. The SMILES string of the molecule is Cc1c(N)cccc1SC[B-](F)(F)F.[K+]. The molecule has 0 fully saturated rings. The second kappa shape index (κ2) is 6.56. The maximum atomic E-state index is 12.0. The molecule has 0 aliphatic heterocycles. The molecular formula is C8H10BF3KNS. The van der Waals surface area contributed by atoms with E-state index in [0.29, 0.717) is 10.6 Å². The van der Waals surface area contributed by atoms with E-state index in [1.54, 1.807) is 25.1 Å². The van der Waals surface area contributed by atoms with Crippen LogP contribution in [0.1, 0.15) is 5.56 Å². The van der Waals surface area contributed by atoms with Gasteiger partial charge < -0.3 is 18.7 Å². The summed E-state index contributed by atoms with van der Waals surface area (Å²) in [5, 5.41) is 0. The van der Waals surface area contributed by atoms with Gasteiger partial charge in [-0.1, -0.05) is 6.07 Å². The second-order valence-corrected chi connectivity index (χ2v) is 4.05. The normalized spacial score (nSPS) is 10.9. The third-order valence-electron chi connectivity index (χ3n) is 1.75. The number of halogens is 3. The van der Waals surface area contributed by atoms with Crippen LogP contribution in [-0.4, -0.2) is 12.6 Å². The van der Waals surface area contributed by atoms with Gasteiger partial charge in [0.2, 0.25) is 0 Å². The van der Waals surface area contributed by atoms with Gasteiger partial charge in [0.05, 0.1) is 0 Å². The smallest absolute Gasteiger partial charge is 0.448 e. The van der Waals surface area contributed by atoms with Gasteiger partial charge in [-0.2, -0.15) is 11.8 Å². The van der Waals surface area contributed by atoms with Gasteiger partial charge in [-0.15, -0.1) is 0 Å². The number of hydrogen-bond donors (Lipinski definition) is 1. The largest absolute Gasteiger partial charge is 1.00 e. The summed E-state index contributed by atoms with van der Waals surface area (Å²) < 4.78 is 36.0. The zero-order chi connectivity index (χ0) is 10.8. The minimum absolute atomic E-state index is 0. The van der Waals surface area contributed by atoms with Gasteiger partial charge in [-0.3, -0.25) is 0 Å². The van der Waals surface area contributed by atoms with Crippen molar-refractivity contribution < 1.29 is 64.3 Å². The number of rotatable bonds is 3. The molecule has 1 nitrogen and oxygen atoms in total. The van der Waals surface area contributed by atoms with E-state index < -0.39 is 12.6 Å². The van der Waals surface area contributed by atoms with Crippen LogP contribution in [0.2, 0.25) is 0 Å². The maximum Gasteiger partial charge on any atom is 1.00 e. The third-order valence-corrected chi connectivity index (χ3v) is 3.05. The van der Waals surface area contributed by atoms with E-state index in [1.165, 1.54) is 0 Å². The summed E-state index contributed by atoms with van der Waals surface area (Å²) in [6.45, 7) is -3.01. The molecule has 0 heterocycles. The Kier molecular flexibility index (Phi) is 6.94. The molecule has 7 heteroatoms. The fourth-order valence-electron chi connectivity index (χ4n) is 0.972. The molecule has 0 saturated carbocycles. The predicted molar refractivity (Wildman–Crippen MR) is 55.4 cm³/mol. The molecule has 1 aromatic carbocycles. The molecule has 1 aromatic rings. The predicted octanol–water partition coefficient (Wildman–Crippen LogP) is 0.0599. The first-order valence-electron chi connectivity index (χ1n) is 4.09. The summed E-state index contributed by atoms with van der Waals surface area (Å²) in [6.07, 6.45) is 0. The maximum absolute atomic E-state index is 12.0. The molecule has 0 aliphatic rings. The van der Waals surface area contributed by atoms with Gasteiger partial charge >= 0.3 is 58.4 Å². The van der Waals surface area contributed by atoms with E-state index >= 15 is 0 Å². The van der Waals surface area contributed by atoms with Gasteiger partial charge in [0.15, 0.2) is 0 Å². The van der Waals surface area contributed by atoms with Crippen molar-refractivity contribution in [2.24, 2.45) is 0 Å². The zero-order valence-electron chi connectivity index (χ0n) is 8.64. The second-order valence-electron chi connectivity index (χ2n) is 2.99. The molecule has 15 heavy (non-hydrogen) atoms. The first-order chi connectivity index (χ1) is 6.40. The number of benzene rings is 1. The van der Waals surface area contributed by atoms with E-state index in [1.807, 2.05) is 0 Å². The Morgan fingerprint density at radius 3 is 2.47 bits per heavy atom. The van der Waals surface area contributed by atoms with Crippen LogP contribution in [0.15, 0.2) is 23.1 Å². The molecule has 0 aromatic heterocycles. The summed E-state index contributed by atoms with van der Waals surface area (Å²) in [6, 6.07) is 4.99. The summed E-state index contributed by atoms with van der Waals surface area (Å²) in [7, 11) is 0. The Balaban J connectivity index is 0.00000196. The van der Waals surface area contributed by atoms with Crippen molar-refractivity contribution in [3.05, 3.63) is 23.8 Å². The number of hydrogen-bond acceptors (Lipinski definition) is 2. The Labute approximate surface area is 134 Å². The van der Waals surface area contributed by atoms with Crippen LogP contribution in [0.3, 0.4) is 0 Å². The van der Waals surface area contributed by atoms with Gasteiger partial charge in [0.25, 0.3) is 0 Å². The average molecular weight is 259 g/mol. The van der Waals surface area contributed by atoms with Crippen molar-refractivity contribution in [3.63, 3.8) is 0 Å². The topological polar surface area (TPSA) is 26.0 Å². The Morgan fingerprint density at radius 1 is 1.33 bits per heavy atom. The number of nitrogens with two attached hydrogens (primary N) is 1. The molecule has 0 aliphatic carbocycles. The standard InChI is InChI=1S/C8H10BF3NS.K/c1-6-7(13)3-2-4-8(6)14-5-9(10,11)12;/h2-4H,5,13H2,1H3;/q-1;+1. The molecule has 0 bridgehead atoms. The summed E-state index contributed by atoms with van der Waals surface area (Å²) in [5.74, 6) is 0. The minimum atomic E-state index is -4.73. The molecule has 0 saturated heterocycles. The van der Waals surface area contributed by atoms with Crippen LogP contribution in [0.25, 0.3) is 0 Å². The van der Waals surface area contributed by atoms with E-state index in [4.69, 9.17) is 5.73 Å². The van der Waals surface area contributed by atoms with E-state index in [9.17, 15) is 12.9 Å². The van der Waals surface area contributed by atoms with Gasteiger partial charge in [0, 0.05) is 10.6 Å². The molecule has 0 spiro atoms. The van der Waals surface area contributed by atoms with Crippen LogP contribution < -0.4 is 57.1 Å². The molecule has 2 N–H and O–H groups in total. The quantitative estimate of drug-likeness (QED) is 0.472.